The van der Waals surface area contributed by atoms with Gasteiger partial charge in [-0.05, 0) is 37.8 Å². The molecular weight excluding hydrogens is 256 g/mol. The molecule has 0 aromatic carbocycles. The highest BCUT2D eigenvalue weighted by atomic mass is 16.3. The molecule has 1 N–H and O–H groups in total. The van der Waals surface area contributed by atoms with Gasteiger partial charge in [0, 0.05) is 6.54 Å². The Morgan fingerprint density at radius 3 is 3.00 bits per heavy atom. The molecule has 6 nitrogen and oxygen atoms in total. The molecule has 3 rings (SSSR count). The third-order valence-electron chi connectivity index (χ3n) is 3.85. The van der Waals surface area contributed by atoms with Gasteiger partial charge in [-0.2, -0.15) is 15.4 Å². The molecule has 0 unspecified atom stereocenters. The molecule has 6 heteroatoms. The molecule has 1 amide bonds. The van der Waals surface area contributed by atoms with Gasteiger partial charge in [0.25, 0.3) is 5.91 Å². The zero-order valence-corrected chi connectivity index (χ0v) is 11.7. The monoisotopic (exact) mass is 274 g/mol. The molecule has 20 heavy (non-hydrogen) atoms. The molecule has 0 bridgehead atoms. The normalized spacial score (nSPS) is 23.0. The maximum Gasteiger partial charge on any atom is 0.276 e. The third-order valence-corrected chi connectivity index (χ3v) is 3.85. The number of piperidine rings is 1. The van der Waals surface area contributed by atoms with Gasteiger partial charge in [0.05, 0.1) is 12.2 Å². The second kappa shape index (κ2) is 5.11. The number of aryl methyl sites for hydroxylation is 1. The first-order valence-corrected chi connectivity index (χ1v) is 6.88. The smallest absolute Gasteiger partial charge is 0.276 e. The Bertz CT molecular complexity index is 590. The van der Waals surface area contributed by atoms with Crippen LogP contribution in [0.4, 0.5) is 0 Å². The third kappa shape index (κ3) is 2.33. The topological polar surface area (TPSA) is 75.0 Å². The summed E-state index contributed by atoms with van der Waals surface area (Å²) < 4.78 is 5.73. The van der Waals surface area contributed by atoms with Crippen LogP contribution in [-0.2, 0) is 0 Å². The van der Waals surface area contributed by atoms with Gasteiger partial charge >= 0.3 is 0 Å². The molecule has 2 aromatic heterocycles. The van der Waals surface area contributed by atoms with Crippen molar-refractivity contribution in [2.75, 3.05) is 6.54 Å². The van der Waals surface area contributed by atoms with Crippen molar-refractivity contribution in [2.24, 2.45) is 5.92 Å². The second-order valence-corrected chi connectivity index (χ2v) is 5.45. The number of rotatable bonds is 2. The number of amides is 1. The van der Waals surface area contributed by atoms with Crippen LogP contribution in [0.1, 0.15) is 47.8 Å². The Balaban J connectivity index is 1.89. The molecule has 0 radical (unpaired) electrons. The lowest BCUT2D eigenvalue weighted by Gasteiger charge is -2.37. The number of H-pyrrole nitrogens is 1. The van der Waals surface area contributed by atoms with Crippen molar-refractivity contribution < 1.29 is 9.21 Å². The first-order valence-electron chi connectivity index (χ1n) is 6.88. The molecule has 0 saturated carbocycles. The summed E-state index contributed by atoms with van der Waals surface area (Å²) in [7, 11) is 0. The average Bonchev–Trinajstić information content (AvgIpc) is 3.09. The zero-order chi connectivity index (χ0) is 14.1. The highest BCUT2D eigenvalue weighted by Crippen LogP contribution is 2.35. The number of aromatic amines is 1. The van der Waals surface area contributed by atoms with Crippen molar-refractivity contribution in [3.05, 3.63) is 35.5 Å². The summed E-state index contributed by atoms with van der Waals surface area (Å²) in [6.45, 7) is 4.84. The van der Waals surface area contributed by atoms with Crippen molar-refractivity contribution in [1.29, 1.82) is 0 Å². The van der Waals surface area contributed by atoms with Crippen LogP contribution in [0.3, 0.4) is 0 Å². The lowest BCUT2D eigenvalue weighted by molar-refractivity contribution is 0.0513. The van der Waals surface area contributed by atoms with Gasteiger partial charge < -0.3 is 9.32 Å². The predicted molar refractivity (Wildman–Crippen MR) is 72.0 cm³/mol. The average molecular weight is 274 g/mol. The van der Waals surface area contributed by atoms with Crippen LogP contribution in [0.2, 0.25) is 0 Å². The van der Waals surface area contributed by atoms with Gasteiger partial charge in [0.15, 0.2) is 5.69 Å². The number of furan rings is 1. The Morgan fingerprint density at radius 1 is 1.50 bits per heavy atom. The van der Waals surface area contributed by atoms with Gasteiger partial charge in [-0.3, -0.25) is 4.79 Å². The molecule has 2 atom stereocenters. The minimum Gasteiger partial charge on any atom is -0.464 e. The summed E-state index contributed by atoms with van der Waals surface area (Å²) in [6.07, 6.45) is 3.38. The SMILES string of the molecule is Cc1ccc([C@H]2C[C@H](C)CCN2C(=O)c2cn[nH]n2)o1. The van der Waals surface area contributed by atoms with Crippen LogP contribution in [0.5, 0.6) is 0 Å². The highest BCUT2D eigenvalue weighted by Gasteiger charge is 2.34. The van der Waals surface area contributed by atoms with Crippen LogP contribution in [0.25, 0.3) is 0 Å². The fourth-order valence-corrected chi connectivity index (χ4v) is 2.74. The van der Waals surface area contributed by atoms with Crippen molar-refractivity contribution in [3.63, 3.8) is 0 Å². The fourth-order valence-electron chi connectivity index (χ4n) is 2.74. The summed E-state index contributed by atoms with van der Waals surface area (Å²) in [4.78, 5) is 14.4. The van der Waals surface area contributed by atoms with E-state index >= 15 is 0 Å². The Hall–Kier alpha value is -2.11. The number of likely N-dealkylation sites (tertiary alicyclic amines) is 1. The number of aromatic nitrogens is 3. The van der Waals surface area contributed by atoms with E-state index in [-0.39, 0.29) is 11.9 Å². The molecule has 1 aliphatic rings. The predicted octanol–water partition coefficient (Wildman–Crippen LogP) is 2.32. The Kier molecular flexibility index (Phi) is 3.30. The molecule has 1 aliphatic heterocycles. The molecule has 0 aliphatic carbocycles. The quantitative estimate of drug-likeness (QED) is 0.912. The molecular formula is C14H18N4O2. The summed E-state index contributed by atoms with van der Waals surface area (Å²) in [5.41, 5.74) is 0.354. The van der Waals surface area contributed by atoms with Crippen molar-refractivity contribution in [2.45, 2.75) is 32.7 Å². The van der Waals surface area contributed by atoms with E-state index in [1.807, 2.05) is 24.0 Å². The second-order valence-electron chi connectivity index (χ2n) is 5.45. The minimum atomic E-state index is -0.0929. The first-order chi connectivity index (χ1) is 9.65. The van der Waals surface area contributed by atoms with E-state index < -0.39 is 0 Å². The number of hydrogen-bond donors (Lipinski definition) is 1. The van der Waals surface area contributed by atoms with E-state index in [9.17, 15) is 4.79 Å². The van der Waals surface area contributed by atoms with E-state index in [0.717, 1.165) is 30.9 Å². The number of carbonyl (C=O) groups excluding carboxylic acids is 1. The minimum absolute atomic E-state index is 0.0170. The Labute approximate surface area is 117 Å². The van der Waals surface area contributed by atoms with Gasteiger partial charge in [-0.25, -0.2) is 0 Å². The van der Waals surface area contributed by atoms with E-state index in [1.165, 1.54) is 6.20 Å². The Morgan fingerprint density at radius 2 is 2.35 bits per heavy atom. The first kappa shape index (κ1) is 12.9. The highest BCUT2D eigenvalue weighted by molar-refractivity contribution is 5.92. The van der Waals surface area contributed by atoms with Gasteiger partial charge in [-0.15, -0.1) is 0 Å². The number of nitrogens with one attached hydrogen (secondary N) is 1. The molecule has 2 aromatic rings. The van der Waals surface area contributed by atoms with Crippen LogP contribution >= 0.6 is 0 Å². The van der Waals surface area contributed by atoms with Crippen molar-refractivity contribution >= 4 is 5.91 Å². The largest absolute Gasteiger partial charge is 0.464 e. The number of carbonyl (C=O) groups is 1. The molecule has 1 fully saturated rings. The lowest BCUT2D eigenvalue weighted by atomic mass is 9.91. The molecule has 3 heterocycles. The van der Waals surface area contributed by atoms with Crippen LogP contribution in [0.15, 0.2) is 22.7 Å². The fraction of sp³-hybridized carbons (Fsp3) is 0.500. The van der Waals surface area contributed by atoms with E-state index in [2.05, 4.69) is 22.3 Å². The van der Waals surface area contributed by atoms with Crippen molar-refractivity contribution in [1.82, 2.24) is 20.3 Å². The standard InChI is InChI=1S/C14H18N4O2/c1-9-5-6-18(14(19)11-8-15-17-16-11)12(7-9)13-4-3-10(2)20-13/h3-4,8-9,12H,5-7H2,1-2H3,(H,15,16,17)/t9-,12-/m1/s1. The van der Waals surface area contributed by atoms with Gasteiger partial charge in [0.1, 0.15) is 11.5 Å². The summed E-state index contributed by atoms with van der Waals surface area (Å²) in [5, 5.41) is 10.1. The summed E-state index contributed by atoms with van der Waals surface area (Å²) >= 11 is 0. The van der Waals surface area contributed by atoms with Crippen LogP contribution in [-0.4, -0.2) is 32.8 Å². The maximum absolute atomic E-state index is 12.5. The zero-order valence-electron chi connectivity index (χ0n) is 11.7. The number of nitrogens with zero attached hydrogens (tertiary/aromatic N) is 3. The van der Waals surface area contributed by atoms with Crippen LogP contribution < -0.4 is 0 Å². The molecule has 106 valence electrons. The van der Waals surface area contributed by atoms with Gasteiger partial charge in [0.2, 0.25) is 0 Å². The summed E-state index contributed by atoms with van der Waals surface area (Å²) in [5.74, 6) is 2.20. The molecule has 1 saturated heterocycles. The van der Waals surface area contributed by atoms with E-state index in [0.29, 0.717) is 11.6 Å². The van der Waals surface area contributed by atoms with Crippen LogP contribution in [0, 0.1) is 12.8 Å². The van der Waals surface area contributed by atoms with E-state index in [1.54, 1.807) is 0 Å². The maximum atomic E-state index is 12.5. The summed E-state index contributed by atoms with van der Waals surface area (Å²) in [6, 6.07) is 3.88. The number of hydrogen-bond acceptors (Lipinski definition) is 4. The van der Waals surface area contributed by atoms with Crippen molar-refractivity contribution in [3.8, 4) is 0 Å². The van der Waals surface area contributed by atoms with Gasteiger partial charge in [-0.1, -0.05) is 6.92 Å². The lowest BCUT2D eigenvalue weighted by Crippen LogP contribution is -2.40. The molecule has 0 spiro atoms. The van der Waals surface area contributed by atoms with E-state index in [4.69, 9.17) is 4.42 Å².